The predicted octanol–water partition coefficient (Wildman–Crippen LogP) is -0.394. The van der Waals surface area contributed by atoms with Crippen LogP contribution in [0.1, 0.15) is 13.3 Å². The molecule has 4 nitrogen and oxygen atoms in total. The fourth-order valence-electron chi connectivity index (χ4n) is 1.41. The molecule has 1 aliphatic rings. The molecule has 0 spiro atoms. The summed E-state index contributed by atoms with van der Waals surface area (Å²) in [6, 6.07) is 1.96. The number of hydrogen-bond donors (Lipinski definition) is 2. The molecular weight excluding hydrogens is 154 g/mol. The van der Waals surface area contributed by atoms with E-state index in [1.165, 1.54) is 0 Å². The summed E-state index contributed by atoms with van der Waals surface area (Å²) in [5.41, 5.74) is 5.71. The lowest BCUT2D eigenvalue weighted by Gasteiger charge is -2.45. The minimum atomic E-state index is -0.134. The Morgan fingerprint density at radius 2 is 2.42 bits per heavy atom. The zero-order chi connectivity index (χ0) is 9.03. The van der Waals surface area contributed by atoms with Gasteiger partial charge < -0.3 is 15.8 Å². The molecule has 0 aromatic heterocycles. The van der Waals surface area contributed by atoms with Gasteiger partial charge in [-0.1, -0.05) is 6.92 Å². The van der Waals surface area contributed by atoms with E-state index in [0.717, 1.165) is 6.54 Å². The van der Waals surface area contributed by atoms with Crippen LogP contribution in [0.25, 0.3) is 0 Å². The van der Waals surface area contributed by atoms with Crippen molar-refractivity contribution in [3.8, 4) is 6.07 Å². The van der Waals surface area contributed by atoms with Crippen molar-refractivity contribution in [1.29, 1.82) is 5.26 Å². The Hall–Kier alpha value is -0.630. The third-order valence-corrected chi connectivity index (χ3v) is 2.27. The summed E-state index contributed by atoms with van der Waals surface area (Å²) >= 11 is 0. The molecule has 1 fully saturated rings. The van der Waals surface area contributed by atoms with Crippen LogP contribution in [-0.2, 0) is 4.74 Å². The van der Waals surface area contributed by atoms with Gasteiger partial charge in [0.25, 0.3) is 0 Å². The second-order valence-corrected chi connectivity index (χ2v) is 3.15. The highest BCUT2D eigenvalue weighted by Crippen LogP contribution is 2.21. The van der Waals surface area contributed by atoms with Crippen molar-refractivity contribution in [2.45, 2.75) is 24.9 Å². The molecule has 0 bridgehead atoms. The molecule has 1 rings (SSSR count). The first kappa shape index (κ1) is 9.46. The van der Waals surface area contributed by atoms with E-state index in [-0.39, 0.29) is 11.6 Å². The van der Waals surface area contributed by atoms with Crippen molar-refractivity contribution in [3.05, 3.63) is 0 Å². The molecule has 68 valence electrons. The summed E-state index contributed by atoms with van der Waals surface area (Å²) in [5.74, 6) is 0. The molecule has 0 aromatic carbocycles. The fourth-order valence-corrected chi connectivity index (χ4v) is 1.41. The SMILES string of the molecule is CCNC1([C@H](N)CC#N)COC1. The Morgan fingerprint density at radius 3 is 2.75 bits per heavy atom. The summed E-state index contributed by atoms with van der Waals surface area (Å²) in [6.07, 6.45) is 0.385. The molecule has 1 aliphatic heterocycles. The van der Waals surface area contributed by atoms with E-state index in [2.05, 4.69) is 11.4 Å². The number of nitrogens with two attached hydrogens (primary N) is 1. The molecule has 4 heteroatoms. The van der Waals surface area contributed by atoms with Crippen LogP contribution >= 0.6 is 0 Å². The quantitative estimate of drug-likeness (QED) is 0.601. The molecule has 0 unspecified atom stereocenters. The fraction of sp³-hybridized carbons (Fsp3) is 0.875. The molecule has 0 radical (unpaired) electrons. The van der Waals surface area contributed by atoms with Gasteiger partial charge in [0.05, 0.1) is 31.2 Å². The van der Waals surface area contributed by atoms with Crippen LogP contribution in [0.15, 0.2) is 0 Å². The van der Waals surface area contributed by atoms with E-state index in [1.54, 1.807) is 0 Å². The Balaban J connectivity index is 2.48. The monoisotopic (exact) mass is 169 g/mol. The van der Waals surface area contributed by atoms with E-state index in [9.17, 15) is 0 Å². The summed E-state index contributed by atoms with van der Waals surface area (Å²) in [6.45, 7) is 4.15. The lowest BCUT2D eigenvalue weighted by molar-refractivity contribution is -0.0851. The van der Waals surface area contributed by atoms with Crippen LogP contribution in [0.5, 0.6) is 0 Å². The third-order valence-electron chi connectivity index (χ3n) is 2.27. The number of likely N-dealkylation sites (N-methyl/N-ethyl adjacent to an activating group) is 1. The molecule has 1 atom stereocenters. The van der Waals surface area contributed by atoms with Crippen LogP contribution in [0.3, 0.4) is 0 Å². The minimum absolute atomic E-state index is 0.115. The van der Waals surface area contributed by atoms with Gasteiger partial charge in [0.15, 0.2) is 0 Å². The molecular formula is C8H15N3O. The van der Waals surface area contributed by atoms with Crippen molar-refractivity contribution < 1.29 is 4.74 Å². The maximum Gasteiger partial charge on any atom is 0.0816 e. The molecule has 0 aliphatic carbocycles. The molecule has 1 saturated heterocycles. The summed E-state index contributed by atoms with van der Waals surface area (Å²) in [4.78, 5) is 0. The van der Waals surface area contributed by atoms with Gasteiger partial charge in [0.1, 0.15) is 0 Å². The van der Waals surface area contributed by atoms with E-state index >= 15 is 0 Å². The first-order valence-corrected chi connectivity index (χ1v) is 4.20. The number of nitriles is 1. The standard InChI is InChI=1S/C8H15N3O/c1-2-11-8(5-12-6-8)7(10)3-4-9/h7,11H,2-3,5-6,10H2,1H3/t7-/m1/s1. The van der Waals surface area contributed by atoms with Gasteiger partial charge in [-0.05, 0) is 6.54 Å². The molecule has 0 saturated carbocycles. The number of nitrogens with one attached hydrogen (secondary N) is 1. The largest absolute Gasteiger partial charge is 0.377 e. The Bertz CT molecular complexity index is 183. The minimum Gasteiger partial charge on any atom is -0.377 e. The van der Waals surface area contributed by atoms with Gasteiger partial charge in [-0.15, -0.1) is 0 Å². The first-order chi connectivity index (χ1) is 5.75. The highest BCUT2D eigenvalue weighted by atomic mass is 16.5. The predicted molar refractivity (Wildman–Crippen MR) is 45.4 cm³/mol. The van der Waals surface area contributed by atoms with Crippen LogP contribution < -0.4 is 11.1 Å². The number of rotatable bonds is 4. The number of nitrogens with zero attached hydrogens (tertiary/aromatic N) is 1. The van der Waals surface area contributed by atoms with Crippen LogP contribution in [0.2, 0.25) is 0 Å². The van der Waals surface area contributed by atoms with Crippen LogP contribution in [-0.4, -0.2) is 31.3 Å². The maximum atomic E-state index is 8.49. The second kappa shape index (κ2) is 3.85. The van der Waals surface area contributed by atoms with Gasteiger partial charge in [0, 0.05) is 6.04 Å². The molecule has 0 aromatic rings. The smallest absolute Gasteiger partial charge is 0.0816 e. The molecule has 1 heterocycles. The zero-order valence-electron chi connectivity index (χ0n) is 7.34. The number of ether oxygens (including phenoxy) is 1. The van der Waals surface area contributed by atoms with Crippen molar-refractivity contribution in [2.75, 3.05) is 19.8 Å². The van der Waals surface area contributed by atoms with E-state index < -0.39 is 0 Å². The highest BCUT2D eigenvalue weighted by molar-refractivity contribution is 5.05. The van der Waals surface area contributed by atoms with Crippen molar-refractivity contribution in [3.63, 3.8) is 0 Å². The van der Waals surface area contributed by atoms with Crippen LogP contribution in [0, 0.1) is 11.3 Å². The average Bonchev–Trinajstić information content (AvgIpc) is 1.97. The normalized spacial score (nSPS) is 22.4. The maximum absolute atomic E-state index is 8.49. The van der Waals surface area contributed by atoms with E-state index in [0.29, 0.717) is 19.6 Å². The van der Waals surface area contributed by atoms with E-state index in [4.69, 9.17) is 15.7 Å². The van der Waals surface area contributed by atoms with Gasteiger partial charge >= 0.3 is 0 Å². The summed E-state index contributed by atoms with van der Waals surface area (Å²) in [5, 5.41) is 11.8. The van der Waals surface area contributed by atoms with Gasteiger partial charge in [-0.25, -0.2) is 0 Å². The van der Waals surface area contributed by atoms with E-state index in [1.807, 2.05) is 6.92 Å². The van der Waals surface area contributed by atoms with Crippen molar-refractivity contribution in [2.24, 2.45) is 5.73 Å². The average molecular weight is 169 g/mol. The van der Waals surface area contributed by atoms with Crippen LogP contribution in [0.4, 0.5) is 0 Å². The zero-order valence-corrected chi connectivity index (χ0v) is 7.34. The Kier molecular flexibility index (Phi) is 3.04. The summed E-state index contributed by atoms with van der Waals surface area (Å²) in [7, 11) is 0. The van der Waals surface area contributed by atoms with Gasteiger partial charge in [0.2, 0.25) is 0 Å². The van der Waals surface area contributed by atoms with Crippen molar-refractivity contribution in [1.82, 2.24) is 5.32 Å². The third kappa shape index (κ3) is 1.58. The van der Waals surface area contributed by atoms with Crippen molar-refractivity contribution >= 4 is 0 Å². The topological polar surface area (TPSA) is 71.1 Å². The number of hydrogen-bond acceptors (Lipinski definition) is 4. The first-order valence-electron chi connectivity index (χ1n) is 4.20. The lowest BCUT2D eigenvalue weighted by atomic mass is 9.87. The van der Waals surface area contributed by atoms with Gasteiger partial charge in [-0.2, -0.15) is 5.26 Å². The highest BCUT2D eigenvalue weighted by Gasteiger charge is 2.43. The molecule has 0 amide bonds. The van der Waals surface area contributed by atoms with Gasteiger partial charge in [-0.3, -0.25) is 0 Å². The second-order valence-electron chi connectivity index (χ2n) is 3.15. The Labute approximate surface area is 72.7 Å². The Morgan fingerprint density at radius 1 is 1.75 bits per heavy atom. The molecule has 3 N–H and O–H groups in total. The summed E-state index contributed by atoms with van der Waals surface area (Å²) < 4.78 is 5.11. The lowest BCUT2D eigenvalue weighted by Crippen LogP contribution is -2.69. The molecule has 12 heavy (non-hydrogen) atoms.